The van der Waals surface area contributed by atoms with Gasteiger partial charge in [-0.1, -0.05) is 18.6 Å². The number of aliphatic hydroxyl groups excluding tert-OH is 1. The quantitative estimate of drug-likeness (QED) is 0.483. The van der Waals surface area contributed by atoms with Crippen LogP contribution in [0.3, 0.4) is 0 Å². The molecule has 0 spiro atoms. The summed E-state index contributed by atoms with van der Waals surface area (Å²) in [5, 5.41) is 20.5. The second-order valence-electron chi connectivity index (χ2n) is 3.87. The van der Waals surface area contributed by atoms with Gasteiger partial charge in [-0.25, -0.2) is 0 Å². The third kappa shape index (κ3) is 3.67. The van der Waals surface area contributed by atoms with Crippen LogP contribution >= 0.6 is 0 Å². The number of hydrogen-bond donors (Lipinski definition) is 1. The van der Waals surface area contributed by atoms with Crippen molar-refractivity contribution >= 4 is 5.69 Å². The van der Waals surface area contributed by atoms with Gasteiger partial charge in [-0.2, -0.15) is 0 Å². The summed E-state index contributed by atoms with van der Waals surface area (Å²) >= 11 is 0. The second kappa shape index (κ2) is 6.15. The van der Waals surface area contributed by atoms with Crippen molar-refractivity contribution in [1.29, 1.82) is 0 Å². The Hall–Kier alpha value is -1.68. The Kier molecular flexibility index (Phi) is 4.84. The molecule has 0 heterocycles. The Morgan fingerprint density at radius 3 is 2.47 bits per heavy atom. The van der Waals surface area contributed by atoms with Gasteiger partial charge in [-0.3, -0.25) is 10.1 Å². The Bertz CT molecular complexity index is 409. The zero-order valence-corrected chi connectivity index (χ0v) is 10.1. The predicted octanol–water partition coefficient (Wildman–Crippen LogP) is 3.37. The summed E-state index contributed by atoms with van der Waals surface area (Å²) in [7, 11) is 0. The Morgan fingerprint density at radius 1 is 1.47 bits per heavy atom. The molecule has 0 aliphatic carbocycles. The number of nitro groups is 1. The summed E-state index contributed by atoms with van der Waals surface area (Å²) < 4.78 is 0. The molecule has 0 saturated heterocycles. The fourth-order valence-electron chi connectivity index (χ4n) is 1.65. The van der Waals surface area contributed by atoms with E-state index in [-0.39, 0.29) is 5.69 Å². The van der Waals surface area contributed by atoms with Gasteiger partial charge in [0.05, 0.1) is 11.0 Å². The summed E-state index contributed by atoms with van der Waals surface area (Å²) in [5.41, 5.74) is 1.93. The standard InChI is InChI=1S/C13H17NO3/c1-3-10(4-2)9-13(15)11-5-7-12(8-6-11)14(16)17/h3,5-8,13,15H,4,9H2,1-2H3/b10-3+. The highest BCUT2D eigenvalue weighted by Gasteiger charge is 2.11. The molecule has 0 radical (unpaired) electrons. The molecule has 0 aliphatic rings. The molecule has 4 nitrogen and oxygen atoms in total. The number of allylic oxidation sites excluding steroid dienone is 1. The third-order valence-corrected chi connectivity index (χ3v) is 2.81. The van der Waals surface area contributed by atoms with Crippen LogP contribution in [0.25, 0.3) is 0 Å². The van der Waals surface area contributed by atoms with E-state index in [1.165, 1.54) is 17.7 Å². The van der Waals surface area contributed by atoms with Gasteiger partial charge in [0, 0.05) is 12.1 Å². The van der Waals surface area contributed by atoms with E-state index < -0.39 is 11.0 Å². The van der Waals surface area contributed by atoms with Crippen LogP contribution in [0.4, 0.5) is 5.69 Å². The van der Waals surface area contributed by atoms with E-state index in [0.717, 1.165) is 6.42 Å². The van der Waals surface area contributed by atoms with Gasteiger partial charge < -0.3 is 5.11 Å². The van der Waals surface area contributed by atoms with Crippen LogP contribution in [0.2, 0.25) is 0 Å². The van der Waals surface area contributed by atoms with Crippen molar-refractivity contribution in [3.05, 3.63) is 51.6 Å². The van der Waals surface area contributed by atoms with E-state index in [9.17, 15) is 15.2 Å². The lowest BCUT2D eigenvalue weighted by Crippen LogP contribution is -1.99. The van der Waals surface area contributed by atoms with E-state index in [0.29, 0.717) is 12.0 Å². The van der Waals surface area contributed by atoms with Gasteiger partial charge in [0.1, 0.15) is 0 Å². The molecule has 0 saturated carbocycles. The lowest BCUT2D eigenvalue weighted by molar-refractivity contribution is -0.384. The summed E-state index contributed by atoms with van der Waals surface area (Å²) in [6.45, 7) is 3.99. The zero-order chi connectivity index (χ0) is 12.8. The number of hydrogen-bond acceptors (Lipinski definition) is 3. The summed E-state index contributed by atoms with van der Waals surface area (Å²) in [4.78, 5) is 10.0. The smallest absolute Gasteiger partial charge is 0.269 e. The number of rotatable bonds is 5. The maximum absolute atomic E-state index is 10.5. The first-order valence-corrected chi connectivity index (χ1v) is 5.65. The average molecular weight is 235 g/mol. The van der Waals surface area contributed by atoms with Crippen molar-refractivity contribution < 1.29 is 10.0 Å². The van der Waals surface area contributed by atoms with E-state index in [1.807, 2.05) is 19.9 Å². The van der Waals surface area contributed by atoms with Crippen LogP contribution in [0.1, 0.15) is 38.4 Å². The molecule has 1 atom stereocenters. The maximum atomic E-state index is 10.5. The molecule has 0 aliphatic heterocycles. The SMILES string of the molecule is C/C=C(\CC)CC(O)c1ccc([N+](=O)[O-])cc1. The van der Waals surface area contributed by atoms with Crippen molar-refractivity contribution in [3.8, 4) is 0 Å². The average Bonchev–Trinajstić information content (AvgIpc) is 2.35. The Balaban J connectivity index is 2.76. The second-order valence-corrected chi connectivity index (χ2v) is 3.87. The topological polar surface area (TPSA) is 63.4 Å². The van der Waals surface area contributed by atoms with Crippen molar-refractivity contribution in [2.75, 3.05) is 0 Å². The number of non-ortho nitro benzene ring substituents is 1. The maximum Gasteiger partial charge on any atom is 0.269 e. The molecule has 4 heteroatoms. The molecule has 17 heavy (non-hydrogen) atoms. The zero-order valence-electron chi connectivity index (χ0n) is 10.1. The molecule has 1 aromatic rings. The monoisotopic (exact) mass is 235 g/mol. The molecule has 0 amide bonds. The Morgan fingerprint density at radius 2 is 2.06 bits per heavy atom. The van der Waals surface area contributed by atoms with E-state index in [4.69, 9.17) is 0 Å². The van der Waals surface area contributed by atoms with Gasteiger partial charge in [-0.15, -0.1) is 0 Å². The first-order valence-electron chi connectivity index (χ1n) is 5.65. The molecule has 0 fully saturated rings. The van der Waals surface area contributed by atoms with Crippen LogP contribution in [0.15, 0.2) is 35.9 Å². The molecular formula is C13H17NO3. The molecule has 92 valence electrons. The highest BCUT2D eigenvalue weighted by atomic mass is 16.6. The van der Waals surface area contributed by atoms with Crippen LogP contribution in [-0.2, 0) is 0 Å². The predicted molar refractivity (Wildman–Crippen MR) is 66.7 cm³/mol. The lowest BCUT2D eigenvalue weighted by Gasteiger charge is -2.12. The molecule has 0 aromatic heterocycles. The van der Waals surface area contributed by atoms with Gasteiger partial charge in [0.2, 0.25) is 0 Å². The minimum absolute atomic E-state index is 0.0442. The molecule has 1 aromatic carbocycles. The number of benzene rings is 1. The summed E-state index contributed by atoms with van der Waals surface area (Å²) in [6.07, 6.45) is 2.88. The summed E-state index contributed by atoms with van der Waals surface area (Å²) in [6, 6.07) is 6.04. The van der Waals surface area contributed by atoms with E-state index >= 15 is 0 Å². The first kappa shape index (κ1) is 13.4. The normalized spacial score (nSPS) is 13.5. The highest BCUT2D eigenvalue weighted by Crippen LogP contribution is 2.24. The van der Waals surface area contributed by atoms with Crippen LogP contribution in [-0.4, -0.2) is 10.0 Å². The molecule has 0 bridgehead atoms. The van der Waals surface area contributed by atoms with Crippen LogP contribution in [0, 0.1) is 10.1 Å². The summed E-state index contributed by atoms with van der Waals surface area (Å²) in [5.74, 6) is 0. The fraction of sp³-hybridized carbons (Fsp3) is 0.385. The number of nitrogens with zero attached hydrogens (tertiary/aromatic N) is 1. The van der Waals surface area contributed by atoms with Gasteiger partial charge in [0.25, 0.3) is 5.69 Å². The minimum atomic E-state index is -0.595. The fourth-order valence-corrected chi connectivity index (χ4v) is 1.65. The largest absolute Gasteiger partial charge is 0.388 e. The van der Waals surface area contributed by atoms with E-state index in [2.05, 4.69) is 0 Å². The molecule has 1 unspecified atom stereocenters. The molecule has 1 N–H and O–H groups in total. The van der Waals surface area contributed by atoms with Crippen molar-refractivity contribution in [3.63, 3.8) is 0 Å². The van der Waals surface area contributed by atoms with Gasteiger partial charge in [0.15, 0.2) is 0 Å². The van der Waals surface area contributed by atoms with Gasteiger partial charge >= 0.3 is 0 Å². The lowest BCUT2D eigenvalue weighted by atomic mass is 10.00. The highest BCUT2D eigenvalue weighted by molar-refractivity contribution is 5.34. The molecule has 1 rings (SSSR count). The molecular weight excluding hydrogens is 218 g/mol. The number of nitro benzene ring substituents is 1. The van der Waals surface area contributed by atoms with Crippen LogP contribution in [0.5, 0.6) is 0 Å². The van der Waals surface area contributed by atoms with Gasteiger partial charge in [-0.05, 0) is 37.5 Å². The third-order valence-electron chi connectivity index (χ3n) is 2.81. The minimum Gasteiger partial charge on any atom is -0.388 e. The Labute approximate surface area is 101 Å². The number of aliphatic hydroxyl groups is 1. The first-order chi connectivity index (χ1) is 8.08. The van der Waals surface area contributed by atoms with E-state index in [1.54, 1.807) is 12.1 Å². The van der Waals surface area contributed by atoms with Crippen molar-refractivity contribution in [2.24, 2.45) is 0 Å². The van der Waals surface area contributed by atoms with Crippen molar-refractivity contribution in [2.45, 2.75) is 32.8 Å². The van der Waals surface area contributed by atoms with Crippen molar-refractivity contribution in [1.82, 2.24) is 0 Å². The van der Waals surface area contributed by atoms with Crippen LogP contribution < -0.4 is 0 Å².